The summed E-state index contributed by atoms with van der Waals surface area (Å²) in [4.78, 5) is 27.1. The van der Waals surface area contributed by atoms with Gasteiger partial charge in [-0.25, -0.2) is 4.79 Å². The number of carboxylic acid groups (broad SMARTS) is 1. The van der Waals surface area contributed by atoms with E-state index in [1.807, 2.05) is 18.7 Å². The summed E-state index contributed by atoms with van der Waals surface area (Å²) in [5.41, 5.74) is 0. The second-order valence-corrected chi connectivity index (χ2v) is 6.41. The first-order valence-electron chi connectivity index (χ1n) is 7.88. The molecule has 0 bridgehead atoms. The lowest BCUT2D eigenvalue weighted by Gasteiger charge is -2.45. The number of rotatable bonds is 4. The Labute approximate surface area is 126 Å². The van der Waals surface area contributed by atoms with Gasteiger partial charge in [-0.05, 0) is 18.8 Å². The number of carbonyl (C=O) groups is 2. The van der Waals surface area contributed by atoms with E-state index in [4.69, 9.17) is 9.84 Å². The van der Waals surface area contributed by atoms with E-state index in [1.54, 1.807) is 0 Å². The van der Waals surface area contributed by atoms with Crippen LogP contribution in [0.1, 0.15) is 39.5 Å². The molecule has 21 heavy (non-hydrogen) atoms. The van der Waals surface area contributed by atoms with E-state index in [2.05, 4.69) is 0 Å². The van der Waals surface area contributed by atoms with Gasteiger partial charge in [0.15, 0.2) is 0 Å². The van der Waals surface area contributed by atoms with E-state index in [-0.39, 0.29) is 30.6 Å². The van der Waals surface area contributed by atoms with E-state index in [1.165, 1.54) is 4.90 Å². The Morgan fingerprint density at radius 3 is 2.71 bits per heavy atom. The van der Waals surface area contributed by atoms with Crippen molar-refractivity contribution < 1.29 is 19.4 Å². The summed E-state index contributed by atoms with van der Waals surface area (Å²) >= 11 is 0. The zero-order chi connectivity index (χ0) is 15.4. The van der Waals surface area contributed by atoms with Crippen LogP contribution in [0.25, 0.3) is 0 Å². The molecule has 1 N–H and O–H groups in total. The molecule has 0 spiro atoms. The molecule has 0 aromatic carbocycles. The molecule has 0 aromatic heterocycles. The summed E-state index contributed by atoms with van der Waals surface area (Å²) in [7, 11) is 0. The molecule has 2 unspecified atom stereocenters. The Hall–Kier alpha value is -1.30. The Balaban J connectivity index is 2.08. The second-order valence-electron chi connectivity index (χ2n) is 6.41. The van der Waals surface area contributed by atoms with Crippen LogP contribution in [0.3, 0.4) is 0 Å². The summed E-state index contributed by atoms with van der Waals surface area (Å²) in [6.45, 7) is 5.34. The van der Waals surface area contributed by atoms with Gasteiger partial charge in [0.2, 0.25) is 0 Å². The van der Waals surface area contributed by atoms with Gasteiger partial charge in [0.25, 0.3) is 0 Å². The topological polar surface area (TPSA) is 70.1 Å². The molecule has 6 nitrogen and oxygen atoms in total. The zero-order valence-corrected chi connectivity index (χ0v) is 13.0. The van der Waals surface area contributed by atoms with Crippen molar-refractivity contribution in [3.63, 3.8) is 0 Å². The molecule has 2 amide bonds. The van der Waals surface area contributed by atoms with Crippen molar-refractivity contribution in [2.24, 2.45) is 5.92 Å². The maximum Gasteiger partial charge on any atom is 0.323 e. The second kappa shape index (κ2) is 7.11. The first-order chi connectivity index (χ1) is 9.99. The van der Waals surface area contributed by atoms with Crippen molar-refractivity contribution in [1.29, 1.82) is 0 Å². The molecule has 2 atom stereocenters. The number of amides is 2. The first-order valence-corrected chi connectivity index (χ1v) is 7.88. The fraction of sp³-hybridized carbons (Fsp3) is 0.867. The fourth-order valence-electron chi connectivity index (χ4n) is 3.33. The number of hydrogen-bond acceptors (Lipinski definition) is 3. The van der Waals surface area contributed by atoms with Gasteiger partial charge in [-0.1, -0.05) is 26.7 Å². The largest absolute Gasteiger partial charge is 0.480 e. The van der Waals surface area contributed by atoms with Crippen LogP contribution in [-0.4, -0.2) is 65.3 Å². The van der Waals surface area contributed by atoms with Gasteiger partial charge in [-0.2, -0.15) is 0 Å². The molecule has 2 fully saturated rings. The van der Waals surface area contributed by atoms with E-state index in [9.17, 15) is 9.59 Å². The minimum Gasteiger partial charge on any atom is -0.480 e. The molecule has 0 aromatic rings. The quantitative estimate of drug-likeness (QED) is 0.859. The highest BCUT2D eigenvalue weighted by molar-refractivity contribution is 5.80. The SMILES string of the molecule is CC(C)CN(CC(=O)O)C(=O)N1CCOC2CCCCC21. The monoisotopic (exact) mass is 298 g/mol. The number of ether oxygens (including phenoxy) is 1. The Morgan fingerprint density at radius 1 is 1.33 bits per heavy atom. The summed E-state index contributed by atoms with van der Waals surface area (Å²) in [6, 6.07) is -0.0326. The third-order valence-corrected chi connectivity index (χ3v) is 4.16. The van der Waals surface area contributed by atoms with Gasteiger partial charge in [0.05, 0.1) is 18.8 Å². The summed E-state index contributed by atoms with van der Waals surface area (Å²) in [5, 5.41) is 9.04. The van der Waals surface area contributed by atoms with E-state index in [0.29, 0.717) is 19.7 Å². The average molecular weight is 298 g/mol. The zero-order valence-electron chi connectivity index (χ0n) is 13.0. The Morgan fingerprint density at radius 2 is 2.05 bits per heavy atom. The first kappa shape index (κ1) is 16.1. The number of carboxylic acids is 1. The number of morpholine rings is 1. The van der Waals surface area contributed by atoms with Gasteiger partial charge in [-0.15, -0.1) is 0 Å². The maximum atomic E-state index is 12.8. The number of fused-ring (bicyclic) bond motifs is 1. The number of urea groups is 1. The highest BCUT2D eigenvalue weighted by Crippen LogP contribution is 2.29. The molecule has 0 radical (unpaired) electrons. The average Bonchev–Trinajstić information content (AvgIpc) is 2.44. The molecule has 1 saturated carbocycles. The molecule has 2 aliphatic rings. The third-order valence-electron chi connectivity index (χ3n) is 4.16. The van der Waals surface area contributed by atoms with Crippen LogP contribution in [0.2, 0.25) is 0 Å². The molecule has 1 heterocycles. The number of aliphatic carboxylic acids is 1. The van der Waals surface area contributed by atoms with Crippen LogP contribution in [0.4, 0.5) is 4.79 Å². The lowest BCUT2D eigenvalue weighted by atomic mass is 9.90. The molecule has 1 saturated heterocycles. The fourth-order valence-corrected chi connectivity index (χ4v) is 3.33. The predicted octanol–water partition coefficient (Wildman–Crippen LogP) is 1.79. The highest BCUT2D eigenvalue weighted by Gasteiger charge is 2.38. The Bertz CT molecular complexity index is 384. The Kier molecular flexibility index (Phi) is 5.45. The number of nitrogens with zero attached hydrogens (tertiary/aromatic N) is 2. The van der Waals surface area contributed by atoms with E-state index >= 15 is 0 Å². The van der Waals surface area contributed by atoms with Crippen LogP contribution in [0, 0.1) is 5.92 Å². The third kappa shape index (κ3) is 4.09. The van der Waals surface area contributed by atoms with Crippen molar-refractivity contribution in [3.05, 3.63) is 0 Å². The minimum absolute atomic E-state index is 0.114. The van der Waals surface area contributed by atoms with Crippen LogP contribution < -0.4 is 0 Å². The number of carbonyl (C=O) groups excluding carboxylic acids is 1. The van der Waals surface area contributed by atoms with Crippen molar-refractivity contribution in [3.8, 4) is 0 Å². The molecule has 120 valence electrons. The van der Waals surface area contributed by atoms with Gasteiger partial charge in [0, 0.05) is 13.1 Å². The van der Waals surface area contributed by atoms with Crippen molar-refractivity contribution in [2.45, 2.75) is 51.7 Å². The van der Waals surface area contributed by atoms with E-state index in [0.717, 1.165) is 25.7 Å². The smallest absolute Gasteiger partial charge is 0.323 e. The van der Waals surface area contributed by atoms with Crippen LogP contribution in [0.5, 0.6) is 0 Å². The normalized spacial score (nSPS) is 25.6. The van der Waals surface area contributed by atoms with Crippen LogP contribution in [-0.2, 0) is 9.53 Å². The standard InChI is InChI=1S/C15H26N2O4/c1-11(2)9-16(10-14(18)19)15(20)17-7-8-21-13-6-4-3-5-12(13)17/h11-13H,3-10H2,1-2H3,(H,18,19). The number of hydrogen-bond donors (Lipinski definition) is 1. The summed E-state index contributed by atoms with van der Waals surface area (Å²) < 4.78 is 5.78. The molecular formula is C15H26N2O4. The molecule has 1 aliphatic carbocycles. The highest BCUT2D eigenvalue weighted by atomic mass is 16.5. The molecule has 1 aliphatic heterocycles. The summed E-state index contributed by atoms with van der Waals surface area (Å²) in [6.07, 6.45) is 4.34. The van der Waals surface area contributed by atoms with Gasteiger partial charge >= 0.3 is 12.0 Å². The van der Waals surface area contributed by atoms with Gasteiger partial charge in [-0.3, -0.25) is 4.79 Å². The van der Waals surface area contributed by atoms with E-state index < -0.39 is 5.97 Å². The van der Waals surface area contributed by atoms with Crippen molar-refractivity contribution in [1.82, 2.24) is 9.80 Å². The van der Waals surface area contributed by atoms with Crippen molar-refractivity contribution >= 4 is 12.0 Å². The lowest BCUT2D eigenvalue weighted by molar-refractivity contribution is -0.138. The van der Waals surface area contributed by atoms with Gasteiger partial charge < -0.3 is 19.6 Å². The predicted molar refractivity (Wildman–Crippen MR) is 78.1 cm³/mol. The molecular weight excluding hydrogens is 272 g/mol. The van der Waals surface area contributed by atoms with Crippen LogP contribution >= 0.6 is 0 Å². The maximum absolute atomic E-state index is 12.8. The van der Waals surface area contributed by atoms with Gasteiger partial charge in [0.1, 0.15) is 6.54 Å². The molecule has 6 heteroatoms. The van der Waals surface area contributed by atoms with Crippen molar-refractivity contribution in [2.75, 3.05) is 26.2 Å². The summed E-state index contributed by atoms with van der Waals surface area (Å²) in [5.74, 6) is -0.714. The molecule has 2 rings (SSSR count). The van der Waals surface area contributed by atoms with Crippen LogP contribution in [0.15, 0.2) is 0 Å². The lowest BCUT2D eigenvalue weighted by Crippen LogP contribution is -2.59. The minimum atomic E-state index is -0.961.